The fourth-order valence-electron chi connectivity index (χ4n) is 1.60. The Hall–Kier alpha value is -1.56. The summed E-state index contributed by atoms with van der Waals surface area (Å²) >= 11 is 0. The number of esters is 1. The quantitative estimate of drug-likeness (QED) is 0.486. The molecule has 0 aromatic carbocycles. The molecule has 0 amide bonds. The summed E-state index contributed by atoms with van der Waals surface area (Å²) in [5, 5.41) is 0. The zero-order valence-corrected chi connectivity index (χ0v) is 8.24. The lowest BCUT2D eigenvalue weighted by Crippen LogP contribution is -2.37. The van der Waals surface area contributed by atoms with Crippen LogP contribution >= 0.6 is 0 Å². The number of carbonyl (C=O) groups excluding carboxylic acids is 2. The van der Waals surface area contributed by atoms with Crippen molar-refractivity contribution in [2.24, 2.45) is 5.92 Å². The number of ether oxygens (including phenoxy) is 1. The van der Waals surface area contributed by atoms with Crippen molar-refractivity contribution in [3.05, 3.63) is 12.2 Å². The van der Waals surface area contributed by atoms with E-state index < -0.39 is 17.5 Å². The predicted molar refractivity (Wildman–Crippen MR) is 51.3 cm³/mol. The SMILES string of the molecule is C#CCC1C(=O)C=CC1(C)OC(C)=O. The molecule has 0 aromatic heterocycles. The molecule has 0 bridgehead atoms. The van der Waals surface area contributed by atoms with E-state index in [2.05, 4.69) is 5.92 Å². The minimum absolute atomic E-state index is 0.0771. The van der Waals surface area contributed by atoms with Gasteiger partial charge in [0.2, 0.25) is 0 Å². The van der Waals surface area contributed by atoms with Crippen LogP contribution in [0.25, 0.3) is 0 Å². The summed E-state index contributed by atoms with van der Waals surface area (Å²) in [6.45, 7) is 3.01. The van der Waals surface area contributed by atoms with Gasteiger partial charge in [0.05, 0.1) is 5.92 Å². The predicted octanol–water partition coefficient (Wildman–Crippen LogP) is 1.09. The fourth-order valence-corrected chi connectivity index (χ4v) is 1.60. The molecule has 0 N–H and O–H groups in total. The summed E-state index contributed by atoms with van der Waals surface area (Å²) in [5.74, 6) is 1.50. The third-order valence-electron chi connectivity index (χ3n) is 2.30. The van der Waals surface area contributed by atoms with E-state index in [0.29, 0.717) is 0 Å². The summed E-state index contributed by atoms with van der Waals surface area (Å²) in [4.78, 5) is 22.2. The number of allylic oxidation sites excluding steroid dienone is 1. The van der Waals surface area contributed by atoms with Gasteiger partial charge in [0, 0.05) is 13.3 Å². The van der Waals surface area contributed by atoms with Crippen molar-refractivity contribution in [2.45, 2.75) is 25.9 Å². The van der Waals surface area contributed by atoms with Crippen molar-refractivity contribution in [1.82, 2.24) is 0 Å². The average Bonchev–Trinajstić information content (AvgIpc) is 2.32. The molecule has 0 fully saturated rings. The van der Waals surface area contributed by atoms with Gasteiger partial charge in [-0.2, -0.15) is 0 Å². The average molecular weight is 192 g/mol. The highest BCUT2D eigenvalue weighted by Crippen LogP contribution is 2.32. The Labute approximate surface area is 83.1 Å². The van der Waals surface area contributed by atoms with Crippen LogP contribution in [0.5, 0.6) is 0 Å². The molecule has 14 heavy (non-hydrogen) atoms. The highest BCUT2D eigenvalue weighted by Gasteiger charge is 2.42. The molecular weight excluding hydrogens is 180 g/mol. The van der Waals surface area contributed by atoms with Crippen molar-refractivity contribution in [3.63, 3.8) is 0 Å². The molecular formula is C11H12O3. The van der Waals surface area contributed by atoms with Gasteiger partial charge in [0.1, 0.15) is 5.60 Å². The van der Waals surface area contributed by atoms with E-state index in [1.807, 2.05) is 0 Å². The van der Waals surface area contributed by atoms with Gasteiger partial charge in [-0.05, 0) is 19.1 Å². The standard InChI is InChI=1S/C11H12O3/c1-4-5-9-10(13)6-7-11(9,3)14-8(2)12/h1,6-7,9H,5H2,2-3H3. The molecule has 0 aromatic rings. The highest BCUT2D eigenvalue weighted by molar-refractivity contribution is 5.96. The smallest absolute Gasteiger partial charge is 0.303 e. The van der Waals surface area contributed by atoms with E-state index in [1.165, 1.54) is 13.0 Å². The third-order valence-corrected chi connectivity index (χ3v) is 2.30. The number of hydrogen-bond donors (Lipinski definition) is 0. The molecule has 0 aliphatic heterocycles. The Morgan fingerprint density at radius 2 is 2.43 bits per heavy atom. The van der Waals surface area contributed by atoms with E-state index in [4.69, 9.17) is 11.2 Å². The van der Waals surface area contributed by atoms with Gasteiger partial charge in [-0.15, -0.1) is 12.3 Å². The zero-order chi connectivity index (χ0) is 10.8. The molecule has 0 spiro atoms. The number of rotatable bonds is 2. The third kappa shape index (κ3) is 1.85. The monoisotopic (exact) mass is 192 g/mol. The summed E-state index contributed by atoms with van der Waals surface area (Å²) < 4.78 is 5.09. The Morgan fingerprint density at radius 1 is 1.79 bits per heavy atom. The molecule has 0 saturated carbocycles. The molecule has 1 aliphatic carbocycles. The number of carbonyl (C=O) groups is 2. The van der Waals surface area contributed by atoms with Crippen LogP contribution < -0.4 is 0 Å². The van der Waals surface area contributed by atoms with Crippen molar-refractivity contribution in [2.75, 3.05) is 0 Å². The number of terminal acetylenes is 1. The summed E-state index contributed by atoms with van der Waals surface area (Å²) in [7, 11) is 0. The largest absolute Gasteiger partial charge is 0.454 e. The Morgan fingerprint density at radius 3 is 2.93 bits per heavy atom. The first kappa shape index (κ1) is 10.5. The van der Waals surface area contributed by atoms with Gasteiger partial charge in [-0.3, -0.25) is 9.59 Å². The first-order valence-corrected chi connectivity index (χ1v) is 4.36. The topological polar surface area (TPSA) is 43.4 Å². The van der Waals surface area contributed by atoms with Gasteiger partial charge >= 0.3 is 5.97 Å². The second-order valence-electron chi connectivity index (χ2n) is 3.47. The van der Waals surface area contributed by atoms with Crippen LogP contribution in [-0.4, -0.2) is 17.4 Å². The maximum atomic E-state index is 11.4. The lowest BCUT2D eigenvalue weighted by atomic mass is 9.89. The maximum Gasteiger partial charge on any atom is 0.303 e. The van der Waals surface area contributed by atoms with Crippen LogP contribution in [-0.2, 0) is 14.3 Å². The van der Waals surface area contributed by atoms with Crippen molar-refractivity contribution >= 4 is 11.8 Å². The molecule has 1 aliphatic rings. The van der Waals surface area contributed by atoms with Crippen LogP contribution in [0.1, 0.15) is 20.3 Å². The minimum Gasteiger partial charge on any atom is -0.454 e. The van der Waals surface area contributed by atoms with Gasteiger partial charge in [0.25, 0.3) is 0 Å². The normalized spacial score (nSPS) is 30.1. The van der Waals surface area contributed by atoms with E-state index >= 15 is 0 Å². The van der Waals surface area contributed by atoms with Gasteiger partial charge in [-0.1, -0.05) is 0 Å². The van der Waals surface area contributed by atoms with Crippen LogP contribution in [0.2, 0.25) is 0 Å². The van der Waals surface area contributed by atoms with Crippen molar-refractivity contribution in [3.8, 4) is 12.3 Å². The minimum atomic E-state index is -0.866. The highest BCUT2D eigenvalue weighted by atomic mass is 16.6. The second-order valence-corrected chi connectivity index (χ2v) is 3.47. The van der Waals surface area contributed by atoms with E-state index in [1.54, 1.807) is 13.0 Å². The molecule has 74 valence electrons. The molecule has 2 atom stereocenters. The van der Waals surface area contributed by atoms with Crippen LogP contribution in [0.15, 0.2) is 12.2 Å². The molecule has 0 radical (unpaired) electrons. The first-order chi connectivity index (χ1) is 6.49. The summed E-state index contributed by atoms with van der Waals surface area (Å²) in [6.07, 6.45) is 8.46. The van der Waals surface area contributed by atoms with Gasteiger partial charge in [-0.25, -0.2) is 0 Å². The van der Waals surface area contributed by atoms with E-state index in [-0.39, 0.29) is 12.2 Å². The van der Waals surface area contributed by atoms with Gasteiger partial charge < -0.3 is 4.74 Å². The number of ketones is 1. The van der Waals surface area contributed by atoms with Crippen LogP contribution in [0.3, 0.4) is 0 Å². The van der Waals surface area contributed by atoms with E-state index in [9.17, 15) is 9.59 Å². The van der Waals surface area contributed by atoms with Crippen molar-refractivity contribution < 1.29 is 14.3 Å². The maximum absolute atomic E-state index is 11.4. The molecule has 0 saturated heterocycles. The van der Waals surface area contributed by atoms with E-state index in [0.717, 1.165) is 0 Å². The summed E-state index contributed by atoms with van der Waals surface area (Å²) in [6, 6.07) is 0. The molecule has 3 nitrogen and oxygen atoms in total. The number of hydrogen-bond acceptors (Lipinski definition) is 3. The van der Waals surface area contributed by atoms with Gasteiger partial charge in [0.15, 0.2) is 5.78 Å². The zero-order valence-electron chi connectivity index (χ0n) is 8.24. The fraction of sp³-hybridized carbons (Fsp3) is 0.455. The molecule has 2 unspecified atom stereocenters. The molecule has 3 heteroatoms. The Kier molecular flexibility index (Phi) is 2.76. The van der Waals surface area contributed by atoms with Crippen molar-refractivity contribution in [1.29, 1.82) is 0 Å². The molecule has 0 heterocycles. The first-order valence-electron chi connectivity index (χ1n) is 4.36. The van der Waals surface area contributed by atoms with Crippen LogP contribution in [0, 0.1) is 18.3 Å². The van der Waals surface area contributed by atoms with Crippen LogP contribution in [0.4, 0.5) is 0 Å². The lowest BCUT2D eigenvalue weighted by Gasteiger charge is -2.27. The summed E-state index contributed by atoms with van der Waals surface area (Å²) in [5.41, 5.74) is -0.866. The Bertz CT molecular complexity index is 335. The lowest BCUT2D eigenvalue weighted by molar-refractivity contribution is -0.155. The molecule has 1 rings (SSSR count). The second kappa shape index (κ2) is 3.67. The Balaban J connectivity index is 2.87.